The summed E-state index contributed by atoms with van der Waals surface area (Å²) in [6.45, 7) is 14.3. The van der Waals surface area contributed by atoms with Crippen molar-refractivity contribution < 1.29 is 33.3 Å². The molecular formula is C27H42O7. The topological polar surface area (TPSA) is 88.1 Å². The van der Waals surface area contributed by atoms with Crippen LogP contribution in [0.2, 0.25) is 0 Å². The lowest BCUT2D eigenvalue weighted by Crippen LogP contribution is -2.49. The van der Waals surface area contributed by atoms with Gasteiger partial charge in [-0.05, 0) is 61.2 Å². The maximum atomic E-state index is 13.0. The highest BCUT2D eigenvalue weighted by molar-refractivity contribution is 5.77. The van der Waals surface area contributed by atoms with E-state index in [0.29, 0.717) is 30.1 Å². The maximum Gasteiger partial charge on any atom is 0.332 e. The third kappa shape index (κ3) is 4.61. The van der Waals surface area contributed by atoms with Gasteiger partial charge in [-0.3, -0.25) is 9.59 Å². The van der Waals surface area contributed by atoms with E-state index in [2.05, 4.69) is 20.8 Å². The first-order valence-electron chi connectivity index (χ1n) is 12.9. The molecule has 8 unspecified atom stereocenters. The minimum Gasteiger partial charge on any atom is -0.462 e. The minimum atomic E-state index is -0.658. The van der Waals surface area contributed by atoms with Gasteiger partial charge in [-0.25, -0.2) is 4.79 Å². The first kappa shape index (κ1) is 25.5. The van der Waals surface area contributed by atoms with Crippen molar-refractivity contribution in [2.24, 2.45) is 45.8 Å². The Morgan fingerprint density at radius 3 is 2.24 bits per heavy atom. The SMILES string of the molecule is CC(C)(C)CC(C)(C(=O)OCCOC(=O)COC1C2CC3CC4C(=O)OC1C(C3)C42)C(C)(C)C. The molecule has 0 spiro atoms. The van der Waals surface area contributed by atoms with Crippen molar-refractivity contribution >= 4 is 17.9 Å². The second-order valence-corrected chi connectivity index (χ2v) is 13.4. The molecule has 0 aromatic heterocycles. The Kier molecular flexibility index (Phi) is 6.58. The van der Waals surface area contributed by atoms with Crippen LogP contribution < -0.4 is 0 Å². The summed E-state index contributed by atoms with van der Waals surface area (Å²) in [6.07, 6.45) is 3.35. The lowest BCUT2D eigenvalue weighted by atomic mass is 9.58. The predicted octanol–water partition coefficient (Wildman–Crippen LogP) is 4.16. The van der Waals surface area contributed by atoms with Crippen LogP contribution in [0.4, 0.5) is 0 Å². The second kappa shape index (κ2) is 8.79. The Morgan fingerprint density at radius 1 is 0.941 bits per heavy atom. The molecule has 0 N–H and O–H groups in total. The lowest BCUT2D eigenvalue weighted by molar-refractivity contribution is -0.180. The van der Waals surface area contributed by atoms with Gasteiger partial charge in [0.05, 0.1) is 17.4 Å². The van der Waals surface area contributed by atoms with Crippen LogP contribution in [-0.2, 0) is 33.3 Å². The first-order valence-corrected chi connectivity index (χ1v) is 12.9. The molecule has 8 atom stereocenters. The van der Waals surface area contributed by atoms with Crippen molar-refractivity contribution in [2.45, 2.75) is 86.4 Å². The zero-order valence-corrected chi connectivity index (χ0v) is 21.8. The third-order valence-electron chi connectivity index (χ3n) is 8.94. The standard InChI is InChI=1S/C27H42O7/c1-25(2,3)14-27(7,26(4,5)6)24(30)32-9-8-31-19(28)13-33-21-16-10-15-11-17-20(16)18(12-15)23(29)34-22(17)21/h15-18,20-22H,8-14H2,1-7H3. The summed E-state index contributed by atoms with van der Waals surface area (Å²) < 4.78 is 22.5. The Morgan fingerprint density at radius 2 is 1.59 bits per heavy atom. The monoisotopic (exact) mass is 478 g/mol. The van der Waals surface area contributed by atoms with E-state index in [1.165, 1.54) is 0 Å². The Balaban J connectivity index is 1.22. The van der Waals surface area contributed by atoms with Gasteiger partial charge in [0.15, 0.2) is 0 Å². The molecule has 0 radical (unpaired) electrons. The molecule has 4 saturated carbocycles. The molecule has 34 heavy (non-hydrogen) atoms. The Hall–Kier alpha value is -1.63. The largest absolute Gasteiger partial charge is 0.462 e. The summed E-state index contributed by atoms with van der Waals surface area (Å²) in [5.41, 5.74) is -0.964. The predicted molar refractivity (Wildman–Crippen MR) is 124 cm³/mol. The van der Waals surface area contributed by atoms with Gasteiger partial charge in [-0.2, -0.15) is 0 Å². The van der Waals surface area contributed by atoms with Crippen LogP contribution in [0.1, 0.15) is 74.1 Å². The molecule has 1 heterocycles. The van der Waals surface area contributed by atoms with Gasteiger partial charge >= 0.3 is 17.9 Å². The quantitative estimate of drug-likeness (QED) is 0.294. The van der Waals surface area contributed by atoms with Crippen molar-refractivity contribution in [1.29, 1.82) is 0 Å². The van der Waals surface area contributed by atoms with E-state index in [1.807, 2.05) is 27.7 Å². The fourth-order valence-corrected chi connectivity index (χ4v) is 7.20. The highest BCUT2D eigenvalue weighted by Crippen LogP contribution is 2.63. The van der Waals surface area contributed by atoms with E-state index in [-0.39, 0.29) is 60.7 Å². The molecule has 1 saturated heterocycles. The van der Waals surface area contributed by atoms with E-state index >= 15 is 0 Å². The number of ether oxygens (including phenoxy) is 4. The summed E-state index contributed by atoms with van der Waals surface area (Å²) in [7, 11) is 0. The molecule has 5 rings (SSSR count). The molecule has 192 valence electrons. The maximum absolute atomic E-state index is 13.0. The number of hydrogen-bond donors (Lipinski definition) is 0. The van der Waals surface area contributed by atoms with Crippen molar-refractivity contribution in [2.75, 3.05) is 19.8 Å². The molecule has 0 aromatic carbocycles. The average Bonchev–Trinajstić information content (AvgIpc) is 2.88. The van der Waals surface area contributed by atoms with Crippen LogP contribution in [0.15, 0.2) is 0 Å². The molecule has 6 bridgehead atoms. The molecule has 1 aliphatic heterocycles. The van der Waals surface area contributed by atoms with E-state index in [1.54, 1.807) is 0 Å². The number of hydrogen-bond acceptors (Lipinski definition) is 7. The molecule has 7 nitrogen and oxygen atoms in total. The van der Waals surface area contributed by atoms with Crippen LogP contribution in [0.5, 0.6) is 0 Å². The van der Waals surface area contributed by atoms with E-state index in [0.717, 1.165) is 19.3 Å². The molecule has 7 heteroatoms. The molecule has 5 fully saturated rings. The van der Waals surface area contributed by atoms with Crippen molar-refractivity contribution in [1.82, 2.24) is 0 Å². The van der Waals surface area contributed by atoms with Crippen LogP contribution in [0.3, 0.4) is 0 Å². The Bertz CT molecular complexity index is 822. The smallest absolute Gasteiger partial charge is 0.332 e. The highest BCUT2D eigenvalue weighted by Gasteiger charge is 2.66. The fraction of sp³-hybridized carbons (Fsp3) is 0.889. The van der Waals surface area contributed by atoms with E-state index < -0.39 is 11.4 Å². The molecule has 0 aromatic rings. The van der Waals surface area contributed by atoms with Gasteiger partial charge in [0.2, 0.25) is 0 Å². The molecule has 0 amide bonds. The van der Waals surface area contributed by atoms with Gasteiger partial charge in [-0.15, -0.1) is 0 Å². The van der Waals surface area contributed by atoms with Gasteiger partial charge < -0.3 is 18.9 Å². The number of carbonyl (C=O) groups excluding carboxylic acids is 3. The highest BCUT2D eigenvalue weighted by atomic mass is 16.6. The van der Waals surface area contributed by atoms with Crippen molar-refractivity contribution in [3.8, 4) is 0 Å². The molecular weight excluding hydrogens is 436 g/mol. The molecule has 4 aliphatic carbocycles. The zero-order valence-electron chi connectivity index (χ0n) is 21.8. The van der Waals surface area contributed by atoms with Gasteiger partial charge in [0.1, 0.15) is 25.9 Å². The van der Waals surface area contributed by atoms with Crippen LogP contribution in [-0.4, -0.2) is 49.9 Å². The minimum absolute atomic E-state index is 0.00835. The number of rotatable bonds is 8. The summed E-state index contributed by atoms with van der Waals surface area (Å²) in [5, 5.41) is 0. The first-order chi connectivity index (χ1) is 15.7. The summed E-state index contributed by atoms with van der Waals surface area (Å²) in [5.74, 6) is 0.784. The van der Waals surface area contributed by atoms with Crippen LogP contribution >= 0.6 is 0 Å². The third-order valence-corrected chi connectivity index (χ3v) is 8.94. The van der Waals surface area contributed by atoms with Crippen LogP contribution in [0, 0.1) is 45.8 Å². The number of carbonyl (C=O) groups is 3. The van der Waals surface area contributed by atoms with Gasteiger partial charge in [0.25, 0.3) is 0 Å². The van der Waals surface area contributed by atoms with E-state index in [9.17, 15) is 14.4 Å². The van der Waals surface area contributed by atoms with Crippen LogP contribution in [0.25, 0.3) is 0 Å². The van der Waals surface area contributed by atoms with Crippen molar-refractivity contribution in [3.05, 3.63) is 0 Å². The van der Waals surface area contributed by atoms with Gasteiger partial charge in [0, 0.05) is 5.92 Å². The van der Waals surface area contributed by atoms with E-state index in [4.69, 9.17) is 18.9 Å². The lowest BCUT2D eigenvalue weighted by Gasteiger charge is -2.48. The summed E-state index contributed by atoms with van der Waals surface area (Å²) >= 11 is 0. The Labute approximate surface area is 203 Å². The van der Waals surface area contributed by atoms with Gasteiger partial charge in [-0.1, -0.05) is 41.5 Å². The fourth-order valence-electron chi connectivity index (χ4n) is 7.20. The molecule has 5 aliphatic rings. The average molecular weight is 479 g/mol. The zero-order chi connectivity index (χ0) is 25.1. The normalized spacial score (nSPS) is 35.6. The summed E-state index contributed by atoms with van der Waals surface area (Å²) in [4.78, 5) is 37.6. The van der Waals surface area contributed by atoms with Crippen molar-refractivity contribution in [3.63, 3.8) is 0 Å². The number of esters is 3. The summed E-state index contributed by atoms with van der Waals surface area (Å²) in [6, 6.07) is 0. The second-order valence-electron chi connectivity index (χ2n) is 13.4.